The Morgan fingerprint density at radius 3 is 2.61 bits per heavy atom. The second kappa shape index (κ2) is 11.9. The Labute approximate surface area is 219 Å². The Morgan fingerprint density at radius 2 is 1.89 bits per heavy atom. The van der Waals surface area contributed by atoms with Crippen LogP contribution < -0.4 is 10.1 Å². The number of hydrogen-bond donors (Lipinski definition) is 1. The second-order valence-corrected chi connectivity index (χ2v) is 10.9. The van der Waals surface area contributed by atoms with Gasteiger partial charge in [0, 0.05) is 11.4 Å². The number of thiophene rings is 1. The molecule has 1 aromatic carbocycles. The lowest BCUT2D eigenvalue weighted by Crippen LogP contribution is -2.19. The third-order valence-electron chi connectivity index (χ3n) is 5.78. The average molecular weight is 529 g/mol. The smallest absolute Gasteiger partial charge is 0.341 e. The van der Waals surface area contributed by atoms with Gasteiger partial charge in [-0.15, -0.1) is 21.5 Å². The molecule has 4 rings (SSSR count). The van der Waals surface area contributed by atoms with Gasteiger partial charge in [-0.3, -0.25) is 4.79 Å². The normalized spacial score (nSPS) is 13.8. The number of thioether (sulfide) groups is 1. The van der Waals surface area contributed by atoms with Crippen molar-refractivity contribution >= 4 is 40.0 Å². The number of benzene rings is 1. The van der Waals surface area contributed by atoms with Gasteiger partial charge >= 0.3 is 5.97 Å². The Balaban J connectivity index is 1.44. The number of fused-ring (bicyclic) bond motifs is 1. The van der Waals surface area contributed by atoms with Crippen LogP contribution in [0.3, 0.4) is 0 Å². The number of hydrogen-bond acceptors (Lipinski definition) is 8. The molecule has 1 unspecified atom stereocenters. The molecule has 10 heteroatoms. The molecule has 192 valence electrons. The summed E-state index contributed by atoms with van der Waals surface area (Å²) in [7, 11) is 0. The molecule has 0 saturated carbocycles. The summed E-state index contributed by atoms with van der Waals surface area (Å²) >= 11 is 2.81. The van der Waals surface area contributed by atoms with Crippen LogP contribution in [0.4, 0.5) is 5.00 Å². The summed E-state index contributed by atoms with van der Waals surface area (Å²) in [5.74, 6) is 1.05. The molecular weight excluding hydrogens is 496 g/mol. The van der Waals surface area contributed by atoms with E-state index in [0.717, 1.165) is 37.0 Å². The van der Waals surface area contributed by atoms with Crippen LogP contribution in [-0.4, -0.2) is 38.5 Å². The third kappa shape index (κ3) is 6.10. The minimum absolute atomic E-state index is 0.146. The summed E-state index contributed by atoms with van der Waals surface area (Å²) < 4.78 is 13.5. The van der Waals surface area contributed by atoms with Gasteiger partial charge in [0.2, 0.25) is 5.91 Å². The first kappa shape index (κ1) is 26.2. The van der Waals surface area contributed by atoms with Gasteiger partial charge in [-0.05, 0) is 71.1 Å². The van der Waals surface area contributed by atoms with Crippen molar-refractivity contribution in [2.45, 2.75) is 77.3 Å². The lowest BCUT2D eigenvalue weighted by atomic mass is 9.95. The minimum atomic E-state index is -0.366. The van der Waals surface area contributed by atoms with E-state index in [4.69, 9.17) is 9.47 Å². The van der Waals surface area contributed by atoms with E-state index in [1.54, 1.807) is 0 Å². The molecule has 1 aliphatic rings. The summed E-state index contributed by atoms with van der Waals surface area (Å²) in [5, 5.41) is 12.8. The van der Waals surface area contributed by atoms with Crippen molar-refractivity contribution in [2.75, 3.05) is 11.1 Å². The number of nitrogens with zero attached hydrogens (tertiary/aromatic N) is 3. The van der Waals surface area contributed by atoms with Crippen LogP contribution in [0.1, 0.15) is 73.3 Å². The van der Waals surface area contributed by atoms with Gasteiger partial charge in [0.05, 0.1) is 17.4 Å². The molecule has 36 heavy (non-hydrogen) atoms. The van der Waals surface area contributed by atoms with Crippen molar-refractivity contribution in [3.63, 3.8) is 0 Å². The zero-order valence-electron chi connectivity index (χ0n) is 21.1. The molecule has 8 nitrogen and oxygen atoms in total. The van der Waals surface area contributed by atoms with Gasteiger partial charge in [0.1, 0.15) is 10.8 Å². The minimum Gasteiger partial charge on any atom is -0.483 e. The molecule has 0 bridgehead atoms. The Kier molecular flexibility index (Phi) is 8.68. The fourth-order valence-corrected chi connectivity index (χ4v) is 6.30. The molecule has 1 atom stereocenters. The monoisotopic (exact) mass is 528 g/mol. The van der Waals surface area contributed by atoms with Gasteiger partial charge in [0.25, 0.3) is 0 Å². The van der Waals surface area contributed by atoms with E-state index >= 15 is 0 Å². The number of anilines is 1. The molecule has 1 N–H and O–H groups in total. The van der Waals surface area contributed by atoms with E-state index < -0.39 is 0 Å². The molecule has 0 saturated heterocycles. The Bertz CT molecular complexity index is 1210. The van der Waals surface area contributed by atoms with Crippen LogP contribution >= 0.6 is 23.1 Å². The molecular formula is C26H32N4O4S2. The van der Waals surface area contributed by atoms with Gasteiger partial charge in [-0.2, -0.15) is 0 Å². The van der Waals surface area contributed by atoms with E-state index in [9.17, 15) is 9.59 Å². The van der Waals surface area contributed by atoms with E-state index in [-0.39, 0.29) is 29.8 Å². The van der Waals surface area contributed by atoms with Crippen molar-refractivity contribution in [1.82, 2.24) is 14.8 Å². The number of carbonyl (C=O) groups is 2. The van der Waals surface area contributed by atoms with Crippen LogP contribution in [0.5, 0.6) is 5.75 Å². The molecule has 0 fully saturated rings. The fourth-order valence-electron chi connectivity index (χ4n) is 4.20. The van der Waals surface area contributed by atoms with Crippen LogP contribution in [0.25, 0.3) is 0 Å². The Hall–Kier alpha value is -2.85. The molecule has 0 radical (unpaired) electrons. The number of nitrogens with one attached hydrogen (secondary N) is 1. The van der Waals surface area contributed by atoms with Gasteiger partial charge in [-0.25, -0.2) is 4.79 Å². The predicted octanol–water partition coefficient (Wildman–Crippen LogP) is 5.67. The number of aryl methyl sites for hydroxylation is 1. The van der Waals surface area contributed by atoms with Crippen LogP contribution in [0, 0.1) is 0 Å². The lowest BCUT2D eigenvalue weighted by molar-refractivity contribution is -0.113. The number of aromatic nitrogens is 3. The molecule has 0 aliphatic heterocycles. The Morgan fingerprint density at radius 1 is 1.14 bits per heavy atom. The van der Waals surface area contributed by atoms with Crippen molar-refractivity contribution < 1.29 is 19.1 Å². The third-order valence-corrected chi connectivity index (χ3v) is 7.96. The van der Waals surface area contributed by atoms with E-state index in [1.807, 2.05) is 62.6 Å². The van der Waals surface area contributed by atoms with Crippen molar-refractivity contribution in [3.05, 3.63) is 52.2 Å². The van der Waals surface area contributed by atoms with Crippen LogP contribution in [-0.2, 0) is 28.9 Å². The van der Waals surface area contributed by atoms with Gasteiger partial charge in [0.15, 0.2) is 17.1 Å². The highest BCUT2D eigenvalue weighted by atomic mass is 32.2. The zero-order valence-corrected chi connectivity index (χ0v) is 22.7. The standard InChI is InChI=1S/C26H32N4O4S2/c1-5-30-23(17(4)34-18-11-7-6-8-12-18)28-29-26(30)35-15-21(31)27-24-22(25(32)33-16(2)3)19-13-9-10-14-20(19)36-24/h6-8,11-12,16-17H,5,9-10,13-15H2,1-4H3,(H,27,31). The van der Waals surface area contributed by atoms with E-state index in [0.29, 0.717) is 28.1 Å². The maximum Gasteiger partial charge on any atom is 0.341 e. The van der Waals surface area contributed by atoms with Gasteiger partial charge < -0.3 is 19.4 Å². The highest BCUT2D eigenvalue weighted by molar-refractivity contribution is 7.99. The van der Waals surface area contributed by atoms with Gasteiger partial charge in [-0.1, -0.05) is 30.0 Å². The molecule has 3 aromatic rings. The summed E-state index contributed by atoms with van der Waals surface area (Å²) in [6, 6.07) is 9.58. The first-order valence-corrected chi connectivity index (χ1v) is 14.1. The van der Waals surface area contributed by atoms with E-state index in [2.05, 4.69) is 15.5 Å². The molecule has 1 aliphatic carbocycles. The highest BCUT2D eigenvalue weighted by Gasteiger charge is 2.28. The van der Waals surface area contributed by atoms with Crippen LogP contribution in [0.2, 0.25) is 0 Å². The molecule has 1 amide bonds. The number of rotatable bonds is 10. The summed E-state index contributed by atoms with van der Waals surface area (Å²) in [6.07, 6.45) is 3.38. The maximum absolute atomic E-state index is 12.9. The predicted molar refractivity (Wildman–Crippen MR) is 142 cm³/mol. The number of para-hydroxylation sites is 1. The summed E-state index contributed by atoms with van der Waals surface area (Å²) in [4.78, 5) is 26.9. The lowest BCUT2D eigenvalue weighted by Gasteiger charge is -2.15. The van der Waals surface area contributed by atoms with E-state index in [1.165, 1.54) is 28.0 Å². The van der Waals surface area contributed by atoms with Crippen molar-refractivity contribution in [2.24, 2.45) is 0 Å². The summed E-state index contributed by atoms with van der Waals surface area (Å²) in [6.45, 7) is 8.25. The quantitative estimate of drug-likeness (QED) is 0.267. The topological polar surface area (TPSA) is 95.3 Å². The fraction of sp³-hybridized carbons (Fsp3) is 0.462. The second-order valence-electron chi connectivity index (χ2n) is 8.86. The zero-order chi connectivity index (χ0) is 25.7. The highest BCUT2D eigenvalue weighted by Crippen LogP contribution is 2.39. The van der Waals surface area contributed by atoms with Crippen LogP contribution in [0.15, 0.2) is 35.5 Å². The van der Waals surface area contributed by atoms with Crippen molar-refractivity contribution in [1.29, 1.82) is 0 Å². The molecule has 2 aromatic heterocycles. The largest absolute Gasteiger partial charge is 0.483 e. The number of ether oxygens (including phenoxy) is 2. The number of carbonyl (C=O) groups excluding carboxylic acids is 2. The molecule has 0 spiro atoms. The number of esters is 1. The average Bonchev–Trinajstić information content (AvgIpc) is 3.43. The molecule has 2 heterocycles. The summed E-state index contributed by atoms with van der Waals surface area (Å²) in [5.41, 5.74) is 1.55. The SMILES string of the molecule is CCn1c(SCC(=O)Nc2sc3c(c2C(=O)OC(C)C)CCCC3)nnc1C(C)Oc1ccccc1. The first-order chi connectivity index (χ1) is 17.4. The maximum atomic E-state index is 12.9. The van der Waals surface area contributed by atoms with Crippen molar-refractivity contribution in [3.8, 4) is 5.75 Å². The first-order valence-electron chi connectivity index (χ1n) is 12.3. The number of amides is 1.